The molecule has 3 aromatic rings. The number of rotatable bonds is 4. The highest BCUT2D eigenvalue weighted by atomic mass is 19.4. The molecule has 0 aliphatic carbocycles. The third-order valence-corrected chi connectivity index (χ3v) is 4.44. The Morgan fingerprint density at radius 1 is 0.812 bits per heavy atom. The zero-order chi connectivity index (χ0) is 23.9. The summed E-state index contributed by atoms with van der Waals surface area (Å²) in [7, 11) is 1.42. The zero-order valence-electron chi connectivity index (χ0n) is 16.0. The molecule has 0 aliphatic rings. The summed E-state index contributed by atoms with van der Waals surface area (Å²) >= 11 is 0. The summed E-state index contributed by atoms with van der Waals surface area (Å²) in [5.74, 6) is -0.726. The number of ether oxygens (including phenoxy) is 1. The minimum absolute atomic E-state index is 0.0363. The summed E-state index contributed by atoms with van der Waals surface area (Å²) in [6.45, 7) is -1.82. The summed E-state index contributed by atoms with van der Waals surface area (Å²) in [5, 5.41) is 0. The molecule has 0 fully saturated rings. The molecular formula is C20H13F9N2O. The molecule has 0 atom stereocenters. The minimum Gasteiger partial charge on any atom is -0.483 e. The van der Waals surface area contributed by atoms with Crippen LogP contribution < -0.4 is 4.74 Å². The second-order valence-electron chi connectivity index (χ2n) is 6.71. The quantitative estimate of drug-likeness (QED) is 0.397. The van der Waals surface area contributed by atoms with Gasteiger partial charge in [-0.15, -0.1) is 0 Å². The maximum atomic E-state index is 13.0. The van der Waals surface area contributed by atoms with E-state index in [1.54, 1.807) is 0 Å². The summed E-state index contributed by atoms with van der Waals surface area (Å²) in [5.41, 5.74) is -1.65. The number of nitrogens with zero attached hydrogens (tertiary/aromatic N) is 2. The molecule has 0 saturated heterocycles. The van der Waals surface area contributed by atoms with Crippen molar-refractivity contribution in [3.63, 3.8) is 0 Å². The smallest absolute Gasteiger partial charge is 0.422 e. The highest BCUT2D eigenvalue weighted by Crippen LogP contribution is 2.38. The Kier molecular flexibility index (Phi) is 5.92. The van der Waals surface area contributed by atoms with Gasteiger partial charge in [-0.2, -0.15) is 39.5 Å². The first kappa shape index (κ1) is 23.5. The Morgan fingerprint density at radius 2 is 1.38 bits per heavy atom. The van der Waals surface area contributed by atoms with Crippen LogP contribution in [0.4, 0.5) is 39.5 Å². The van der Waals surface area contributed by atoms with E-state index in [9.17, 15) is 39.5 Å². The van der Waals surface area contributed by atoms with Crippen LogP contribution in [0.2, 0.25) is 0 Å². The summed E-state index contributed by atoms with van der Waals surface area (Å²) in [6.07, 6.45) is -12.9. The molecule has 1 heterocycles. The molecule has 0 aliphatic heterocycles. The average molecular weight is 468 g/mol. The van der Waals surface area contributed by atoms with Gasteiger partial charge in [0.05, 0.1) is 28.6 Å². The van der Waals surface area contributed by atoms with Crippen molar-refractivity contribution in [3.05, 3.63) is 59.8 Å². The van der Waals surface area contributed by atoms with E-state index in [1.165, 1.54) is 29.9 Å². The van der Waals surface area contributed by atoms with Gasteiger partial charge in [-0.3, -0.25) is 0 Å². The number of hydrogen-bond acceptors (Lipinski definition) is 2. The molecule has 0 saturated carbocycles. The minimum atomic E-state index is -4.82. The SMILES string of the molecule is Cn1c(-c2ccc(C(F)(F)F)cc2)cnc1-c1ccc(C(F)(F)F)cc1OCC(F)(F)F. The van der Waals surface area contributed by atoms with Crippen molar-refractivity contribution in [1.82, 2.24) is 9.55 Å². The number of benzene rings is 2. The van der Waals surface area contributed by atoms with Crippen molar-refractivity contribution < 1.29 is 44.3 Å². The molecule has 0 amide bonds. The van der Waals surface area contributed by atoms with Gasteiger partial charge in [0.15, 0.2) is 6.61 Å². The lowest BCUT2D eigenvalue weighted by Crippen LogP contribution is -2.20. The normalized spacial score (nSPS) is 12.8. The second-order valence-corrected chi connectivity index (χ2v) is 6.71. The van der Waals surface area contributed by atoms with Crippen LogP contribution in [0.15, 0.2) is 48.7 Å². The molecule has 3 rings (SSSR count). The van der Waals surface area contributed by atoms with Crippen molar-refractivity contribution in [2.24, 2.45) is 7.05 Å². The summed E-state index contributed by atoms with van der Waals surface area (Å²) < 4.78 is 121. The standard InChI is InChI=1S/C20H13F9N2O/c1-31-15(11-2-4-12(5-3-11)19(24,25)26)9-30-17(31)14-7-6-13(20(27,28)29)8-16(14)32-10-18(21,22)23/h2-9H,10H2,1H3. The van der Waals surface area contributed by atoms with Crippen LogP contribution in [0.25, 0.3) is 22.6 Å². The van der Waals surface area contributed by atoms with Crippen molar-refractivity contribution in [2.45, 2.75) is 18.5 Å². The largest absolute Gasteiger partial charge is 0.483 e. The van der Waals surface area contributed by atoms with Gasteiger partial charge in [0.1, 0.15) is 11.6 Å². The summed E-state index contributed by atoms with van der Waals surface area (Å²) in [6, 6.07) is 6.08. The van der Waals surface area contributed by atoms with Crippen LogP contribution in [-0.2, 0) is 19.4 Å². The van der Waals surface area contributed by atoms with Crippen LogP contribution in [0, 0.1) is 0 Å². The van der Waals surface area contributed by atoms with Crippen LogP contribution in [0.5, 0.6) is 5.75 Å². The van der Waals surface area contributed by atoms with E-state index in [1.807, 2.05) is 0 Å². The van der Waals surface area contributed by atoms with E-state index in [-0.39, 0.29) is 17.1 Å². The Hall–Kier alpha value is -3.18. The molecule has 2 aromatic carbocycles. The van der Waals surface area contributed by atoms with E-state index < -0.39 is 42.0 Å². The molecule has 0 bridgehead atoms. The molecule has 0 N–H and O–H groups in total. The fourth-order valence-electron chi connectivity index (χ4n) is 2.92. The van der Waals surface area contributed by atoms with Crippen LogP contribution in [0.3, 0.4) is 0 Å². The highest BCUT2D eigenvalue weighted by Gasteiger charge is 2.34. The second kappa shape index (κ2) is 8.06. The Labute approximate surface area is 175 Å². The van der Waals surface area contributed by atoms with Crippen molar-refractivity contribution in [1.29, 1.82) is 0 Å². The first-order valence-corrected chi connectivity index (χ1v) is 8.77. The Balaban J connectivity index is 2.03. The lowest BCUT2D eigenvalue weighted by atomic mass is 10.1. The molecule has 32 heavy (non-hydrogen) atoms. The third kappa shape index (κ3) is 5.17. The lowest BCUT2D eigenvalue weighted by molar-refractivity contribution is -0.153. The molecule has 3 nitrogen and oxygen atoms in total. The van der Waals surface area contributed by atoms with Crippen LogP contribution in [-0.4, -0.2) is 22.3 Å². The van der Waals surface area contributed by atoms with E-state index in [2.05, 4.69) is 9.72 Å². The van der Waals surface area contributed by atoms with Gasteiger partial charge in [0.25, 0.3) is 0 Å². The van der Waals surface area contributed by atoms with Gasteiger partial charge in [-0.05, 0) is 35.9 Å². The number of aromatic nitrogens is 2. The third-order valence-electron chi connectivity index (χ3n) is 4.44. The average Bonchev–Trinajstić information content (AvgIpc) is 3.05. The van der Waals surface area contributed by atoms with Gasteiger partial charge >= 0.3 is 18.5 Å². The molecule has 1 aromatic heterocycles. The number of alkyl halides is 9. The molecule has 0 radical (unpaired) electrons. The van der Waals surface area contributed by atoms with Crippen LogP contribution in [0.1, 0.15) is 11.1 Å². The number of halogens is 9. The molecule has 0 unspecified atom stereocenters. The highest BCUT2D eigenvalue weighted by molar-refractivity contribution is 5.70. The van der Waals surface area contributed by atoms with Crippen molar-refractivity contribution in [2.75, 3.05) is 6.61 Å². The van der Waals surface area contributed by atoms with E-state index >= 15 is 0 Å². The molecule has 0 spiro atoms. The first-order valence-electron chi connectivity index (χ1n) is 8.77. The lowest BCUT2D eigenvalue weighted by Gasteiger charge is -2.16. The zero-order valence-corrected chi connectivity index (χ0v) is 16.0. The number of imidazole rings is 1. The predicted octanol–water partition coefficient (Wildman–Crippen LogP) is 6.73. The summed E-state index contributed by atoms with van der Waals surface area (Å²) in [4.78, 5) is 4.03. The topological polar surface area (TPSA) is 27.1 Å². The van der Waals surface area contributed by atoms with E-state index in [0.29, 0.717) is 17.7 Å². The van der Waals surface area contributed by atoms with Gasteiger partial charge in [-0.25, -0.2) is 4.98 Å². The monoisotopic (exact) mass is 468 g/mol. The van der Waals surface area contributed by atoms with Gasteiger partial charge in [0, 0.05) is 7.05 Å². The molecule has 12 heteroatoms. The van der Waals surface area contributed by atoms with Crippen molar-refractivity contribution in [3.8, 4) is 28.4 Å². The maximum Gasteiger partial charge on any atom is 0.422 e. The maximum absolute atomic E-state index is 13.0. The Morgan fingerprint density at radius 3 is 1.91 bits per heavy atom. The molecular weight excluding hydrogens is 455 g/mol. The van der Waals surface area contributed by atoms with Crippen LogP contribution >= 0.6 is 0 Å². The number of hydrogen-bond donors (Lipinski definition) is 0. The fraction of sp³-hybridized carbons (Fsp3) is 0.250. The van der Waals surface area contributed by atoms with Crippen molar-refractivity contribution >= 4 is 0 Å². The van der Waals surface area contributed by atoms with E-state index in [4.69, 9.17) is 0 Å². The fourth-order valence-corrected chi connectivity index (χ4v) is 2.92. The van der Waals surface area contributed by atoms with Gasteiger partial charge < -0.3 is 9.30 Å². The molecule has 172 valence electrons. The Bertz CT molecular complexity index is 1090. The van der Waals surface area contributed by atoms with Gasteiger partial charge in [0.2, 0.25) is 0 Å². The van der Waals surface area contributed by atoms with E-state index in [0.717, 1.165) is 18.2 Å². The first-order chi connectivity index (χ1) is 14.7. The van der Waals surface area contributed by atoms with Gasteiger partial charge in [-0.1, -0.05) is 12.1 Å². The predicted molar refractivity (Wildman–Crippen MR) is 95.6 cm³/mol.